The molecule has 1 rings (SSSR count). The summed E-state index contributed by atoms with van der Waals surface area (Å²) >= 11 is 0. The standard InChI is InChI=1S/C20H32N5O8P/c1-11(2)17(10-23-15(19(22)28)9-18(21)27)25-20(29)16(24-12(3)26)8-13-4-6-14(7-5-13)33-34(30,31)32/h4-7,11,15-17,23H,8-10H2,1-3H3,(H2,21,27)(H2,22,28)(H,24,26)(H,25,29)(H2,30,31,32)/t15-,16-,17+/m0/s1. The number of benzene rings is 1. The van der Waals surface area contributed by atoms with E-state index in [1.165, 1.54) is 31.2 Å². The number of primary amides is 2. The lowest BCUT2D eigenvalue weighted by Gasteiger charge is -2.27. The van der Waals surface area contributed by atoms with Crippen molar-refractivity contribution in [2.24, 2.45) is 17.4 Å². The van der Waals surface area contributed by atoms with Crippen molar-refractivity contribution in [3.8, 4) is 5.75 Å². The van der Waals surface area contributed by atoms with Gasteiger partial charge < -0.3 is 31.9 Å². The van der Waals surface area contributed by atoms with Gasteiger partial charge in [0.1, 0.15) is 11.8 Å². The van der Waals surface area contributed by atoms with Crippen LogP contribution in [0.4, 0.5) is 0 Å². The molecular formula is C20H32N5O8P. The van der Waals surface area contributed by atoms with Crippen LogP contribution in [0.2, 0.25) is 0 Å². The molecule has 9 N–H and O–H groups in total. The fourth-order valence-electron chi connectivity index (χ4n) is 2.99. The second kappa shape index (κ2) is 13.0. The average Bonchev–Trinajstić information content (AvgIpc) is 2.68. The maximum Gasteiger partial charge on any atom is 0.524 e. The van der Waals surface area contributed by atoms with Crippen molar-refractivity contribution in [3.05, 3.63) is 29.8 Å². The zero-order valence-electron chi connectivity index (χ0n) is 19.2. The third-order valence-corrected chi connectivity index (χ3v) is 5.20. The number of rotatable bonds is 14. The molecule has 0 heterocycles. The Kier molecular flexibility index (Phi) is 11.1. The van der Waals surface area contributed by atoms with E-state index >= 15 is 0 Å². The Balaban J connectivity index is 2.90. The summed E-state index contributed by atoms with van der Waals surface area (Å²) in [5.74, 6) is -2.52. The molecule has 0 radical (unpaired) electrons. The highest BCUT2D eigenvalue weighted by Gasteiger charge is 2.26. The first-order valence-electron chi connectivity index (χ1n) is 10.4. The van der Waals surface area contributed by atoms with Crippen LogP contribution >= 0.6 is 7.82 Å². The van der Waals surface area contributed by atoms with E-state index < -0.39 is 49.6 Å². The van der Waals surface area contributed by atoms with E-state index in [9.17, 15) is 23.7 Å². The first-order valence-corrected chi connectivity index (χ1v) is 11.9. The van der Waals surface area contributed by atoms with Crippen LogP contribution in [-0.4, -0.2) is 58.1 Å². The summed E-state index contributed by atoms with van der Waals surface area (Å²) in [5, 5.41) is 8.23. The van der Waals surface area contributed by atoms with E-state index in [1.54, 1.807) is 0 Å². The molecule has 0 unspecified atom stereocenters. The lowest BCUT2D eigenvalue weighted by molar-refractivity contribution is -0.128. The molecule has 4 amide bonds. The number of hydrogen-bond donors (Lipinski definition) is 7. The fourth-order valence-corrected chi connectivity index (χ4v) is 3.39. The van der Waals surface area contributed by atoms with Crippen LogP contribution in [0.3, 0.4) is 0 Å². The summed E-state index contributed by atoms with van der Waals surface area (Å²) in [5.41, 5.74) is 11.0. The van der Waals surface area contributed by atoms with E-state index in [4.69, 9.17) is 21.3 Å². The number of nitrogens with one attached hydrogen (secondary N) is 3. The van der Waals surface area contributed by atoms with Crippen molar-refractivity contribution in [3.63, 3.8) is 0 Å². The van der Waals surface area contributed by atoms with Crippen LogP contribution in [-0.2, 0) is 30.2 Å². The highest BCUT2D eigenvalue weighted by atomic mass is 31.2. The molecule has 1 aromatic rings. The quantitative estimate of drug-likeness (QED) is 0.150. The van der Waals surface area contributed by atoms with Gasteiger partial charge in [-0.1, -0.05) is 26.0 Å². The van der Waals surface area contributed by atoms with Crippen molar-refractivity contribution in [2.45, 2.75) is 51.7 Å². The van der Waals surface area contributed by atoms with E-state index in [2.05, 4.69) is 20.5 Å². The summed E-state index contributed by atoms with van der Waals surface area (Å²) in [6.45, 7) is 5.06. The fraction of sp³-hybridized carbons (Fsp3) is 0.500. The Bertz CT molecular complexity index is 918. The SMILES string of the molecule is CC(=O)N[C@@H](Cc1ccc(OP(=O)(O)O)cc1)C(=O)N[C@H](CN[C@@H](CC(N)=O)C(N)=O)C(C)C. The molecule has 3 atom stereocenters. The van der Waals surface area contributed by atoms with E-state index in [-0.39, 0.29) is 31.1 Å². The van der Waals surface area contributed by atoms with Crippen LogP contribution in [0.25, 0.3) is 0 Å². The number of carbonyl (C=O) groups excluding carboxylic acids is 4. The van der Waals surface area contributed by atoms with Gasteiger partial charge >= 0.3 is 7.82 Å². The third kappa shape index (κ3) is 11.2. The van der Waals surface area contributed by atoms with Crippen LogP contribution < -0.4 is 31.9 Å². The van der Waals surface area contributed by atoms with Gasteiger partial charge in [-0.25, -0.2) is 4.57 Å². The second-order valence-electron chi connectivity index (χ2n) is 8.08. The molecule has 0 bridgehead atoms. The van der Waals surface area contributed by atoms with Gasteiger partial charge in [-0.3, -0.25) is 29.0 Å². The average molecular weight is 501 g/mol. The van der Waals surface area contributed by atoms with Crippen LogP contribution in [0.5, 0.6) is 5.75 Å². The summed E-state index contributed by atoms with van der Waals surface area (Å²) < 4.78 is 15.4. The van der Waals surface area contributed by atoms with Gasteiger partial charge in [0, 0.05) is 25.9 Å². The summed E-state index contributed by atoms with van der Waals surface area (Å²) in [7, 11) is -4.70. The second-order valence-corrected chi connectivity index (χ2v) is 9.24. The molecule has 14 heteroatoms. The summed E-state index contributed by atoms with van der Waals surface area (Å²) in [6.07, 6.45) is -0.199. The molecule has 0 fully saturated rings. The van der Waals surface area contributed by atoms with Gasteiger partial charge in [0.25, 0.3) is 0 Å². The number of phosphoric ester groups is 1. The summed E-state index contributed by atoms with van der Waals surface area (Å²) in [6, 6.07) is 3.27. The van der Waals surface area contributed by atoms with Crippen molar-refractivity contribution in [1.29, 1.82) is 0 Å². The Labute approximate surface area is 197 Å². The molecule has 0 aliphatic heterocycles. The van der Waals surface area contributed by atoms with E-state index in [0.29, 0.717) is 5.56 Å². The van der Waals surface area contributed by atoms with Crippen molar-refractivity contribution < 1.29 is 38.1 Å². The number of hydrogen-bond acceptors (Lipinski definition) is 7. The summed E-state index contributed by atoms with van der Waals surface area (Å²) in [4.78, 5) is 65.1. The molecule has 0 aliphatic rings. The zero-order chi connectivity index (χ0) is 26.1. The molecule has 13 nitrogen and oxygen atoms in total. The van der Waals surface area contributed by atoms with Crippen LogP contribution in [0.15, 0.2) is 24.3 Å². The van der Waals surface area contributed by atoms with E-state index in [1.807, 2.05) is 13.8 Å². The lowest BCUT2D eigenvalue weighted by Crippen LogP contribution is -2.55. The van der Waals surface area contributed by atoms with Gasteiger partial charge in [-0.05, 0) is 23.6 Å². The highest BCUT2D eigenvalue weighted by Crippen LogP contribution is 2.37. The molecular weight excluding hydrogens is 469 g/mol. The van der Waals surface area contributed by atoms with Crippen LogP contribution in [0.1, 0.15) is 32.8 Å². The first-order chi connectivity index (χ1) is 15.7. The normalized spacial score (nSPS) is 14.1. The maximum atomic E-state index is 13.0. The number of phosphoric acid groups is 1. The molecule has 0 aromatic heterocycles. The first kappa shape index (κ1) is 29.0. The topological polar surface area (TPSA) is 223 Å². The predicted octanol–water partition coefficient (Wildman–Crippen LogP) is -1.33. The molecule has 190 valence electrons. The zero-order valence-corrected chi connectivity index (χ0v) is 20.1. The minimum absolute atomic E-state index is 0.0523. The Morgan fingerprint density at radius 2 is 1.62 bits per heavy atom. The molecule has 0 saturated heterocycles. The maximum absolute atomic E-state index is 13.0. The van der Waals surface area contributed by atoms with Gasteiger partial charge in [0.15, 0.2) is 0 Å². The molecule has 34 heavy (non-hydrogen) atoms. The molecule has 1 aromatic carbocycles. The smallest absolute Gasteiger partial charge is 0.404 e. The predicted molar refractivity (Wildman–Crippen MR) is 122 cm³/mol. The highest BCUT2D eigenvalue weighted by molar-refractivity contribution is 7.46. The number of amides is 4. The Morgan fingerprint density at radius 1 is 1.03 bits per heavy atom. The molecule has 0 aliphatic carbocycles. The van der Waals surface area contributed by atoms with Gasteiger partial charge in [0.05, 0.1) is 12.5 Å². The lowest BCUT2D eigenvalue weighted by atomic mass is 10.0. The van der Waals surface area contributed by atoms with Crippen molar-refractivity contribution >= 4 is 31.5 Å². The third-order valence-electron chi connectivity index (χ3n) is 4.75. The minimum atomic E-state index is -4.70. The van der Waals surface area contributed by atoms with Crippen LogP contribution in [0, 0.1) is 5.92 Å². The van der Waals surface area contributed by atoms with Crippen molar-refractivity contribution in [2.75, 3.05) is 6.54 Å². The van der Waals surface area contributed by atoms with Gasteiger partial charge in [-0.15, -0.1) is 0 Å². The Hall–Kier alpha value is -2.99. The van der Waals surface area contributed by atoms with Gasteiger partial charge in [0.2, 0.25) is 23.6 Å². The molecule has 0 spiro atoms. The number of nitrogens with two attached hydrogens (primary N) is 2. The Morgan fingerprint density at radius 3 is 2.06 bits per heavy atom. The number of carbonyl (C=O) groups is 4. The minimum Gasteiger partial charge on any atom is -0.404 e. The monoisotopic (exact) mass is 501 g/mol. The largest absolute Gasteiger partial charge is 0.524 e. The van der Waals surface area contributed by atoms with Crippen molar-refractivity contribution in [1.82, 2.24) is 16.0 Å². The molecule has 0 saturated carbocycles. The van der Waals surface area contributed by atoms with E-state index in [0.717, 1.165) is 0 Å². The van der Waals surface area contributed by atoms with Gasteiger partial charge in [-0.2, -0.15) is 0 Å².